The Bertz CT molecular complexity index is 196. The summed E-state index contributed by atoms with van der Waals surface area (Å²) in [6.07, 6.45) is 0. The predicted molar refractivity (Wildman–Crippen MR) is 68.1 cm³/mol. The molecule has 0 aromatic carbocycles. The van der Waals surface area contributed by atoms with Crippen LogP contribution in [-0.2, 0) is 14.3 Å². The zero-order valence-electron chi connectivity index (χ0n) is 11.4. The lowest BCUT2D eigenvalue weighted by molar-refractivity contribution is -0.126. The Morgan fingerprint density at radius 1 is 1.00 bits per heavy atom. The van der Waals surface area contributed by atoms with E-state index in [0.717, 1.165) is 6.54 Å². The Balaban J connectivity index is 3.16. The van der Waals surface area contributed by atoms with Crippen LogP contribution in [0.3, 0.4) is 0 Å². The van der Waals surface area contributed by atoms with E-state index < -0.39 is 0 Å². The molecule has 0 saturated carbocycles. The summed E-state index contributed by atoms with van der Waals surface area (Å²) in [5.41, 5.74) is 0. The van der Waals surface area contributed by atoms with E-state index in [1.54, 1.807) is 0 Å². The fraction of sp³-hybridized carbons (Fsp3) is 0.917. The van der Waals surface area contributed by atoms with E-state index in [4.69, 9.17) is 9.47 Å². The van der Waals surface area contributed by atoms with Gasteiger partial charge in [0.25, 0.3) is 0 Å². The highest BCUT2D eigenvalue weighted by Gasteiger charge is 2.02. The highest BCUT2D eigenvalue weighted by Crippen LogP contribution is 1.82. The van der Waals surface area contributed by atoms with E-state index in [2.05, 4.69) is 24.5 Å². The largest absolute Gasteiger partial charge is 0.378 e. The Morgan fingerprint density at radius 2 is 1.65 bits per heavy atom. The number of hydrogen-bond acceptors (Lipinski definition) is 4. The second-order valence-corrected chi connectivity index (χ2v) is 4.50. The highest BCUT2D eigenvalue weighted by atomic mass is 16.5. The molecule has 102 valence electrons. The first-order valence-electron chi connectivity index (χ1n) is 6.20. The van der Waals surface area contributed by atoms with Crippen molar-refractivity contribution in [3.8, 4) is 0 Å². The summed E-state index contributed by atoms with van der Waals surface area (Å²) in [6, 6.07) is 0.638. The van der Waals surface area contributed by atoms with E-state index >= 15 is 0 Å². The van der Waals surface area contributed by atoms with E-state index in [1.165, 1.54) is 0 Å². The molecule has 0 aliphatic carbocycles. The van der Waals surface area contributed by atoms with Gasteiger partial charge in [-0.3, -0.25) is 4.79 Å². The minimum atomic E-state index is -0.0820. The van der Waals surface area contributed by atoms with Crippen molar-refractivity contribution in [2.45, 2.75) is 39.8 Å². The number of hydrogen-bond donors (Lipinski definition) is 2. The molecule has 5 heteroatoms. The Morgan fingerprint density at radius 3 is 2.24 bits per heavy atom. The first kappa shape index (κ1) is 16.4. The van der Waals surface area contributed by atoms with Gasteiger partial charge < -0.3 is 20.1 Å². The van der Waals surface area contributed by atoms with Gasteiger partial charge in [0.05, 0.1) is 19.8 Å². The molecule has 0 aromatic rings. The average Bonchev–Trinajstić information content (AvgIpc) is 2.20. The number of ether oxygens (including phenoxy) is 2. The molecular formula is C12H26N2O3. The summed E-state index contributed by atoms with van der Waals surface area (Å²) in [6.45, 7) is 10.6. The molecule has 0 fully saturated rings. The zero-order chi connectivity index (χ0) is 13.1. The molecule has 17 heavy (non-hydrogen) atoms. The summed E-state index contributed by atoms with van der Waals surface area (Å²) >= 11 is 0. The molecule has 0 aromatic heterocycles. The van der Waals surface area contributed by atoms with Crippen LogP contribution in [-0.4, -0.2) is 51.0 Å². The lowest BCUT2D eigenvalue weighted by Crippen LogP contribution is -2.33. The van der Waals surface area contributed by atoms with Crippen LogP contribution >= 0.6 is 0 Å². The van der Waals surface area contributed by atoms with Crippen LogP contribution in [0.5, 0.6) is 0 Å². The van der Waals surface area contributed by atoms with Crippen molar-refractivity contribution in [2.24, 2.45) is 0 Å². The van der Waals surface area contributed by atoms with Crippen molar-refractivity contribution in [1.82, 2.24) is 10.6 Å². The van der Waals surface area contributed by atoms with Crippen LogP contribution in [0, 0.1) is 0 Å². The minimum Gasteiger partial charge on any atom is -0.378 e. The first-order chi connectivity index (χ1) is 8.02. The van der Waals surface area contributed by atoms with Gasteiger partial charge in [-0.15, -0.1) is 0 Å². The zero-order valence-corrected chi connectivity index (χ0v) is 11.4. The van der Waals surface area contributed by atoms with Crippen LogP contribution in [0.15, 0.2) is 0 Å². The minimum absolute atomic E-state index is 0.0820. The fourth-order valence-corrected chi connectivity index (χ4v) is 1.17. The maximum atomic E-state index is 11.2. The molecule has 0 radical (unpaired) electrons. The third-order valence-electron chi connectivity index (χ3n) is 1.85. The third-order valence-corrected chi connectivity index (χ3v) is 1.85. The maximum Gasteiger partial charge on any atom is 0.246 e. The maximum absolute atomic E-state index is 11.2. The second kappa shape index (κ2) is 10.5. The lowest BCUT2D eigenvalue weighted by atomic mass is 10.4. The van der Waals surface area contributed by atoms with Crippen LogP contribution in [0.25, 0.3) is 0 Å². The van der Waals surface area contributed by atoms with Gasteiger partial charge in [0.15, 0.2) is 0 Å². The molecule has 0 saturated heterocycles. The predicted octanol–water partition coefficient (Wildman–Crippen LogP) is 0.542. The number of amides is 1. The molecule has 0 spiro atoms. The van der Waals surface area contributed by atoms with Crippen molar-refractivity contribution < 1.29 is 14.3 Å². The molecule has 0 aliphatic heterocycles. The van der Waals surface area contributed by atoms with Crippen molar-refractivity contribution in [3.63, 3.8) is 0 Å². The van der Waals surface area contributed by atoms with Crippen LogP contribution in [0.4, 0.5) is 0 Å². The normalized spacial score (nSPS) is 11.2. The smallest absolute Gasteiger partial charge is 0.246 e. The Labute approximate surface area is 104 Å². The average molecular weight is 246 g/mol. The molecule has 0 aliphatic rings. The summed E-state index contributed by atoms with van der Waals surface area (Å²) in [5.74, 6) is -0.0820. The third kappa shape index (κ3) is 13.3. The number of rotatable bonds is 10. The van der Waals surface area contributed by atoms with Crippen LogP contribution < -0.4 is 10.6 Å². The summed E-state index contributed by atoms with van der Waals surface area (Å²) < 4.78 is 10.5. The number of carbonyl (C=O) groups is 1. The van der Waals surface area contributed by atoms with E-state index in [-0.39, 0.29) is 18.6 Å². The molecule has 0 heterocycles. The molecule has 0 atom stereocenters. The monoisotopic (exact) mass is 246 g/mol. The molecule has 1 amide bonds. The molecule has 0 rings (SSSR count). The van der Waals surface area contributed by atoms with Gasteiger partial charge in [-0.05, 0) is 13.8 Å². The standard InChI is InChI=1S/C12H26N2O3/c1-10(2)13-5-6-16-7-8-17-9-12(15)14-11(3)4/h10-11,13H,5-9H2,1-4H3,(H,14,15). The molecule has 5 nitrogen and oxygen atoms in total. The van der Waals surface area contributed by atoms with Gasteiger partial charge >= 0.3 is 0 Å². The highest BCUT2D eigenvalue weighted by molar-refractivity contribution is 5.77. The lowest BCUT2D eigenvalue weighted by Gasteiger charge is -2.10. The Hall–Kier alpha value is -0.650. The van der Waals surface area contributed by atoms with Gasteiger partial charge in [0.2, 0.25) is 5.91 Å². The molecule has 0 unspecified atom stereocenters. The van der Waals surface area contributed by atoms with Gasteiger partial charge in [-0.2, -0.15) is 0 Å². The van der Waals surface area contributed by atoms with Gasteiger partial charge in [-0.25, -0.2) is 0 Å². The van der Waals surface area contributed by atoms with Crippen molar-refractivity contribution in [1.29, 1.82) is 0 Å². The van der Waals surface area contributed by atoms with Crippen molar-refractivity contribution >= 4 is 5.91 Å². The topological polar surface area (TPSA) is 59.6 Å². The summed E-state index contributed by atoms with van der Waals surface area (Å²) in [5, 5.41) is 6.00. The van der Waals surface area contributed by atoms with Crippen LogP contribution in [0.1, 0.15) is 27.7 Å². The number of carbonyl (C=O) groups excluding carboxylic acids is 1. The van der Waals surface area contributed by atoms with E-state index in [1.807, 2.05) is 13.8 Å². The SMILES string of the molecule is CC(C)NCCOCCOCC(=O)NC(C)C. The van der Waals surface area contributed by atoms with Gasteiger partial charge in [0.1, 0.15) is 6.61 Å². The van der Waals surface area contributed by atoms with Crippen LogP contribution in [0.2, 0.25) is 0 Å². The van der Waals surface area contributed by atoms with Gasteiger partial charge in [0, 0.05) is 18.6 Å². The van der Waals surface area contributed by atoms with Gasteiger partial charge in [-0.1, -0.05) is 13.8 Å². The molecular weight excluding hydrogens is 220 g/mol. The first-order valence-corrected chi connectivity index (χ1v) is 6.20. The second-order valence-electron chi connectivity index (χ2n) is 4.50. The number of nitrogens with one attached hydrogen (secondary N) is 2. The molecule has 2 N–H and O–H groups in total. The summed E-state index contributed by atoms with van der Waals surface area (Å²) in [7, 11) is 0. The quantitative estimate of drug-likeness (QED) is 0.552. The van der Waals surface area contributed by atoms with Crippen molar-refractivity contribution in [3.05, 3.63) is 0 Å². The Kier molecular flexibility index (Phi) is 10.1. The molecule has 0 bridgehead atoms. The summed E-state index contributed by atoms with van der Waals surface area (Å²) in [4.78, 5) is 11.2. The fourth-order valence-electron chi connectivity index (χ4n) is 1.17. The van der Waals surface area contributed by atoms with Crippen molar-refractivity contribution in [2.75, 3.05) is 33.0 Å². The van der Waals surface area contributed by atoms with E-state index in [0.29, 0.717) is 25.9 Å². The van der Waals surface area contributed by atoms with E-state index in [9.17, 15) is 4.79 Å².